The highest BCUT2D eigenvalue weighted by molar-refractivity contribution is 5.57. The van der Waals surface area contributed by atoms with Crippen molar-refractivity contribution in [2.24, 2.45) is 0 Å². The lowest BCUT2D eigenvalue weighted by Crippen LogP contribution is -1.86. The van der Waals surface area contributed by atoms with E-state index in [0.29, 0.717) is 23.0 Å². The number of rotatable bonds is 1. The average molecular weight is 176 g/mol. The minimum Gasteiger partial charge on any atom is -0.397 e. The van der Waals surface area contributed by atoms with Crippen LogP contribution < -0.4 is 11.5 Å². The summed E-state index contributed by atoms with van der Waals surface area (Å²) in [6.07, 6.45) is 1.55. The van der Waals surface area contributed by atoms with Gasteiger partial charge in [-0.1, -0.05) is 5.16 Å². The van der Waals surface area contributed by atoms with E-state index in [0.717, 1.165) is 0 Å². The highest BCUT2D eigenvalue weighted by Gasteiger charge is 2.04. The van der Waals surface area contributed by atoms with Gasteiger partial charge in [0.2, 0.25) is 0 Å². The van der Waals surface area contributed by atoms with Crippen molar-refractivity contribution in [3.05, 3.63) is 24.4 Å². The molecule has 2 heterocycles. The van der Waals surface area contributed by atoms with E-state index in [-0.39, 0.29) is 0 Å². The smallest absolute Gasteiger partial charge is 0.187 e. The molecule has 13 heavy (non-hydrogen) atoms. The Morgan fingerprint density at radius 3 is 2.62 bits per heavy atom. The van der Waals surface area contributed by atoms with Crippen LogP contribution in [0.4, 0.5) is 11.5 Å². The van der Waals surface area contributed by atoms with Gasteiger partial charge in [-0.05, 0) is 12.1 Å². The molecule has 0 aliphatic rings. The molecule has 0 atom stereocenters. The molecule has 0 fully saturated rings. The van der Waals surface area contributed by atoms with Gasteiger partial charge in [0.15, 0.2) is 11.6 Å². The molecule has 0 saturated carbocycles. The minimum absolute atomic E-state index is 0.341. The lowest BCUT2D eigenvalue weighted by molar-refractivity contribution is 0.434. The van der Waals surface area contributed by atoms with Crippen molar-refractivity contribution in [3.63, 3.8) is 0 Å². The molecule has 0 aliphatic heterocycles. The molecule has 0 saturated heterocycles. The Balaban J connectivity index is 2.41. The molecule has 0 aromatic carbocycles. The van der Waals surface area contributed by atoms with Gasteiger partial charge >= 0.3 is 0 Å². The van der Waals surface area contributed by atoms with E-state index in [4.69, 9.17) is 16.0 Å². The number of hydrogen-bond acceptors (Lipinski definition) is 5. The van der Waals surface area contributed by atoms with Crippen LogP contribution >= 0.6 is 0 Å². The van der Waals surface area contributed by atoms with Gasteiger partial charge in [0, 0.05) is 6.07 Å². The lowest BCUT2D eigenvalue weighted by Gasteiger charge is -1.94. The number of aromatic nitrogens is 2. The Labute approximate surface area is 74.4 Å². The third-order valence-electron chi connectivity index (χ3n) is 1.57. The van der Waals surface area contributed by atoms with Gasteiger partial charge in [-0.3, -0.25) is 4.98 Å². The zero-order chi connectivity index (χ0) is 9.26. The van der Waals surface area contributed by atoms with Crippen molar-refractivity contribution >= 4 is 11.5 Å². The van der Waals surface area contributed by atoms with Crippen molar-refractivity contribution < 1.29 is 4.52 Å². The van der Waals surface area contributed by atoms with Crippen LogP contribution in [-0.2, 0) is 0 Å². The van der Waals surface area contributed by atoms with Crippen molar-refractivity contribution in [1.29, 1.82) is 0 Å². The largest absolute Gasteiger partial charge is 0.397 e. The Kier molecular flexibility index (Phi) is 1.63. The van der Waals surface area contributed by atoms with Gasteiger partial charge in [-0.15, -0.1) is 0 Å². The van der Waals surface area contributed by atoms with Gasteiger partial charge in [-0.25, -0.2) is 0 Å². The maximum Gasteiger partial charge on any atom is 0.187 e. The highest BCUT2D eigenvalue weighted by Crippen LogP contribution is 2.19. The van der Waals surface area contributed by atoms with E-state index in [2.05, 4.69) is 10.1 Å². The second-order valence-corrected chi connectivity index (χ2v) is 2.59. The minimum atomic E-state index is 0.341. The van der Waals surface area contributed by atoms with E-state index in [9.17, 15) is 0 Å². The van der Waals surface area contributed by atoms with Crippen LogP contribution in [0, 0.1) is 0 Å². The molecule has 0 unspecified atom stereocenters. The van der Waals surface area contributed by atoms with Crippen molar-refractivity contribution in [2.45, 2.75) is 0 Å². The maximum absolute atomic E-state index is 5.48. The molecular formula is C8H8N4O. The SMILES string of the molecule is Nc1ccc(-c2cc(N)no2)nc1. The zero-order valence-electron chi connectivity index (χ0n) is 6.77. The third kappa shape index (κ3) is 1.44. The van der Waals surface area contributed by atoms with Crippen LogP contribution in [0.1, 0.15) is 0 Å². The molecule has 66 valence electrons. The van der Waals surface area contributed by atoms with Crippen LogP contribution in [0.3, 0.4) is 0 Å². The monoisotopic (exact) mass is 176 g/mol. The summed E-state index contributed by atoms with van der Waals surface area (Å²) < 4.78 is 4.91. The molecule has 2 aromatic rings. The molecule has 0 amide bonds. The molecule has 0 radical (unpaired) electrons. The predicted octanol–water partition coefficient (Wildman–Crippen LogP) is 0.901. The first-order chi connectivity index (χ1) is 6.25. The number of hydrogen-bond donors (Lipinski definition) is 2. The van der Waals surface area contributed by atoms with Gasteiger partial charge in [0.25, 0.3) is 0 Å². The predicted molar refractivity (Wildman–Crippen MR) is 48.6 cm³/mol. The Morgan fingerprint density at radius 1 is 1.23 bits per heavy atom. The fraction of sp³-hybridized carbons (Fsp3) is 0. The zero-order valence-corrected chi connectivity index (χ0v) is 6.77. The third-order valence-corrected chi connectivity index (χ3v) is 1.57. The van der Waals surface area contributed by atoms with Gasteiger partial charge < -0.3 is 16.0 Å². The van der Waals surface area contributed by atoms with E-state index < -0.39 is 0 Å². The van der Waals surface area contributed by atoms with E-state index in [1.807, 2.05) is 0 Å². The summed E-state index contributed by atoms with van der Waals surface area (Å²) in [6.45, 7) is 0. The quantitative estimate of drug-likeness (QED) is 0.673. The average Bonchev–Trinajstić information content (AvgIpc) is 2.53. The molecule has 2 aromatic heterocycles. The summed E-state index contributed by atoms with van der Waals surface area (Å²) in [5.41, 5.74) is 12.1. The molecule has 0 bridgehead atoms. The number of anilines is 2. The lowest BCUT2D eigenvalue weighted by atomic mass is 10.3. The Morgan fingerprint density at radius 2 is 2.08 bits per heavy atom. The molecular weight excluding hydrogens is 168 g/mol. The van der Waals surface area contributed by atoms with E-state index in [1.165, 1.54) is 0 Å². The normalized spacial score (nSPS) is 10.2. The fourth-order valence-electron chi connectivity index (χ4n) is 0.961. The second-order valence-electron chi connectivity index (χ2n) is 2.59. The number of nitrogen functional groups attached to an aromatic ring is 2. The van der Waals surface area contributed by atoms with Crippen LogP contribution in [0.25, 0.3) is 11.5 Å². The first-order valence-electron chi connectivity index (χ1n) is 3.70. The van der Waals surface area contributed by atoms with Crippen LogP contribution in [0.2, 0.25) is 0 Å². The van der Waals surface area contributed by atoms with Crippen molar-refractivity contribution in [2.75, 3.05) is 11.5 Å². The summed E-state index contributed by atoms with van der Waals surface area (Å²) in [7, 11) is 0. The van der Waals surface area contributed by atoms with Crippen LogP contribution in [-0.4, -0.2) is 10.1 Å². The summed E-state index contributed by atoms with van der Waals surface area (Å²) in [5, 5.41) is 3.55. The highest BCUT2D eigenvalue weighted by atomic mass is 16.5. The summed E-state index contributed by atoms with van der Waals surface area (Å²) in [4.78, 5) is 4.05. The number of nitrogens with two attached hydrogens (primary N) is 2. The Hall–Kier alpha value is -2.04. The van der Waals surface area contributed by atoms with Gasteiger partial charge in [-0.2, -0.15) is 0 Å². The topological polar surface area (TPSA) is 91.0 Å². The fourth-order valence-corrected chi connectivity index (χ4v) is 0.961. The maximum atomic E-state index is 5.48. The Bertz CT molecular complexity index is 406. The van der Waals surface area contributed by atoms with E-state index in [1.54, 1.807) is 24.4 Å². The van der Waals surface area contributed by atoms with Crippen LogP contribution in [0.5, 0.6) is 0 Å². The van der Waals surface area contributed by atoms with Gasteiger partial charge in [0.05, 0.1) is 11.9 Å². The second kappa shape index (κ2) is 2.78. The molecule has 5 heteroatoms. The first kappa shape index (κ1) is 7.60. The summed E-state index contributed by atoms with van der Waals surface area (Å²) in [6, 6.07) is 5.09. The first-order valence-corrected chi connectivity index (χ1v) is 3.70. The van der Waals surface area contributed by atoms with E-state index >= 15 is 0 Å². The van der Waals surface area contributed by atoms with Crippen LogP contribution in [0.15, 0.2) is 28.9 Å². The van der Waals surface area contributed by atoms with Crippen molar-refractivity contribution in [3.8, 4) is 11.5 Å². The summed E-state index contributed by atoms with van der Waals surface area (Å²) in [5.74, 6) is 0.881. The molecule has 4 N–H and O–H groups in total. The standard InChI is InChI=1S/C8H8N4O/c9-5-1-2-6(11-4-5)7-3-8(10)12-13-7/h1-4H,9H2,(H2,10,12). The summed E-state index contributed by atoms with van der Waals surface area (Å²) >= 11 is 0. The molecule has 0 aliphatic carbocycles. The molecule has 0 spiro atoms. The number of nitrogens with zero attached hydrogens (tertiary/aromatic N) is 2. The van der Waals surface area contributed by atoms with Crippen molar-refractivity contribution in [1.82, 2.24) is 10.1 Å². The molecule has 5 nitrogen and oxygen atoms in total. The van der Waals surface area contributed by atoms with Gasteiger partial charge in [0.1, 0.15) is 5.69 Å². The molecule has 2 rings (SSSR count). The number of pyridine rings is 1.